The quantitative estimate of drug-likeness (QED) is 0.588. The lowest BCUT2D eigenvalue weighted by molar-refractivity contribution is -0.123. The zero-order valence-corrected chi connectivity index (χ0v) is 16.4. The van der Waals surface area contributed by atoms with E-state index in [4.69, 9.17) is 0 Å². The second kappa shape index (κ2) is 8.31. The lowest BCUT2D eigenvalue weighted by atomic mass is 10.1. The van der Waals surface area contributed by atoms with Gasteiger partial charge in [0.1, 0.15) is 5.75 Å². The number of carbonyl (C=O) groups is 3. The fraction of sp³-hybridized carbons (Fsp3) is 0.190. The molecule has 6 nitrogen and oxygen atoms in total. The monoisotopic (exact) mass is 396 g/mol. The zero-order chi connectivity index (χ0) is 20.3. The first-order valence-corrected chi connectivity index (χ1v) is 9.56. The first-order chi connectivity index (χ1) is 13.3. The second-order valence-electron chi connectivity index (χ2n) is 6.57. The Morgan fingerprint density at radius 1 is 1.14 bits per heavy atom. The van der Waals surface area contributed by atoms with Crippen LogP contribution in [0.15, 0.2) is 47.4 Å². The van der Waals surface area contributed by atoms with E-state index in [-0.39, 0.29) is 30.3 Å². The van der Waals surface area contributed by atoms with Gasteiger partial charge in [-0.25, -0.2) is 0 Å². The summed E-state index contributed by atoms with van der Waals surface area (Å²) in [7, 11) is 0. The van der Waals surface area contributed by atoms with Crippen LogP contribution in [-0.4, -0.2) is 33.6 Å². The van der Waals surface area contributed by atoms with Crippen molar-refractivity contribution < 1.29 is 19.5 Å². The first kappa shape index (κ1) is 19.7. The van der Waals surface area contributed by atoms with Crippen molar-refractivity contribution in [1.82, 2.24) is 4.90 Å². The number of amides is 3. The van der Waals surface area contributed by atoms with E-state index in [1.54, 1.807) is 24.3 Å². The summed E-state index contributed by atoms with van der Waals surface area (Å²) in [4.78, 5) is 38.3. The fourth-order valence-electron chi connectivity index (χ4n) is 2.94. The first-order valence-electron chi connectivity index (χ1n) is 8.75. The molecule has 3 amide bonds. The van der Waals surface area contributed by atoms with Crippen LogP contribution in [0.25, 0.3) is 6.08 Å². The van der Waals surface area contributed by atoms with Crippen LogP contribution in [0, 0.1) is 13.8 Å². The summed E-state index contributed by atoms with van der Waals surface area (Å²) in [6, 6.07) is 12.3. The van der Waals surface area contributed by atoms with Crippen LogP contribution in [0.4, 0.5) is 10.5 Å². The number of hydrogen-bond donors (Lipinski definition) is 2. The van der Waals surface area contributed by atoms with E-state index in [2.05, 4.69) is 5.32 Å². The summed E-state index contributed by atoms with van der Waals surface area (Å²) in [5, 5.41) is 11.9. The molecule has 3 rings (SSSR count). The minimum absolute atomic E-state index is 0.0196. The Morgan fingerprint density at radius 3 is 2.50 bits per heavy atom. The van der Waals surface area contributed by atoms with Crippen molar-refractivity contribution in [3.8, 4) is 5.75 Å². The molecule has 2 N–H and O–H groups in total. The number of rotatable bonds is 5. The van der Waals surface area contributed by atoms with E-state index in [0.29, 0.717) is 4.91 Å². The average Bonchev–Trinajstić information content (AvgIpc) is 2.87. The number of phenols is 1. The van der Waals surface area contributed by atoms with Crippen LogP contribution in [0.2, 0.25) is 0 Å². The standard InChI is InChI=1S/C21H20N2O4S/c1-13-9-14(2)11-15(10-13)12-18-20(26)23(21(27)28-18)8-7-19(25)22-16-5-3-4-6-17(16)24/h3-6,9-12,24H,7-8H2,1-2H3,(H,22,25)/b18-12-. The van der Waals surface area contributed by atoms with Crippen molar-refractivity contribution in [2.24, 2.45) is 0 Å². The number of phenolic OH excluding ortho intramolecular Hbond substituents is 1. The molecule has 1 fully saturated rings. The van der Waals surface area contributed by atoms with Crippen molar-refractivity contribution in [1.29, 1.82) is 0 Å². The molecule has 1 aliphatic rings. The lowest BCUT2D eigenvalue weighted by Crippen LogP contribution is -2.31. The normalized spacial score (nSPS) is 15.4. The molecule has 0 saturated carbocycles. The number of aryl methyl sites for hydroxylation is 2. The topological polar surface area (TPSA) is 86.7 Å². The fourth-order valence-corrected chi connectivity index (χ4v) is 3.81. The van der Waals surface area contributed by atoms with Gasteiger partial charge >= 0.3 is 0 Å². The molecule has 1 heterocycles. The van der Waals surface area contributed by atoms with Gasteiger partial charge in [-0.1, -0.05) is 41.5 Å². The summed E-state index contributed by atoms with van der Waals surface area (Å²) in [6.45, 7) is 3.92. The Hall–Kier alpha value is -3.06. The number of carbonyl (C=O) groups excluding carboxylic acids is 3. The highest BCUT2D eigenvalue weighted by atomic mass is 32.2. The predicted molar refractivity (Wildman–Crippen MR) is 110 cm³/mol. The van der Waals surface area contributed by atoms with E-state index in [0.717, 1.165) is 33.4 Å². The summed E-state index contributed by atoms with van der Waals surface area (Å²) < 4.78 is 0. The summed E-state index contributed by atoms with van der Waals surface area (Å²) >= 11 is 0.873. The minimum Gasteiger partial charge on any atom is -0.506 e. The van der Waals surface area contributed by atoms with Crippen LogP contribution < -0.4 is 5.32 Å². The van der Waals surface area contributed by atoms with Gasteiger partial charge in [-0.3, -0.25) is 19.3 Å². The largest absolute Gasteiger partial charge is 0.506 e. The summed E-state index contributed by atoms with van der Waals surface area (Å²) in [5.41, 5.74) is 3.30. The van der Waals surface area contributed by atoms with Gasteiger partial charge in [-0.05, 0) is 49.4 Å². The smallest absolute Gasteiger partial charge is 0.293 e. The number of nitrogens with one attached hydrogen (secondary N) is 1. The molecular weight excluding hydrogens is 376 g/mol. The lowest BCUT2D eigenvalue weighted by Gasteiger charge is -2.12. The maximum Gasteiger partial charge on any atom is 0.293 e. The molecule has 0 bridgehead atoms. The van der Waals surface area contributed by atoms with E-state index in [1.165, 1.54) is 6.07 Å². The maximum absolute atomic E-state index is 12.6. The van der Waals surface area contributed by atoms with Gasteiger partial charge in [0.15, 0.2) is 0 Å². The molecule has 0 unspecified atom stereocenters. The molecule has 0 radical (unpaired) electrons. The van der Waals surface area contributed by atoms with Gasteiger partial charge in [0.2, 0.25) is 5.91 Å². The predicted octanol–water partition coefficient (Wildman–Crippen LogP) is 4.07. The Kier molecular flexibility index (Phi) is 5.84. The number of thioether (sulfide) groups is 1. The molecule has 1 aliphatic heterocycles. The van der Waals surface area contributed by atoms with Crippen molar-refractivity contribution >= 4 is 40.6 Å². The number of nitrogens with zero attached hydrogens (tertiary/aromatic N) is 1. The zero-order valence-electron chi connectivity index (χ0n) is 15.6. The Balaban J connectivity index is 1.64. The van der Waals surface area contributed by atoms with E-state index in [9.17, 15) is 19.5 Å². The third kappa shape index (κ3) is 4.61. The van der Waals surface area contributed by atoms with Gasteiger partial charge in [0.05, 0.1) is 10.6 Å². The van der Waals surface area contributed by atoms with Gasteiger partial charge in [-0.15, -0.1) is 0 Å². The van der Waals surface area contributed by atoms with Crippen LogP contribution in [0.5, 0.6) is 5.75 Å². The molecule has 28 heavy (non-hydrogen) atoms. The maximum atomic E-state index is 12.6. The van der Waals surface area contributed by atoms with Crippen LogP contribution >= 0.6 is 11.8 Å². The van der Waals surface area contributed by atoms with E-state index < -0.39 is 11.1 Å². The van der Waals surface area contributed by atoms with Crippen LogP contribution in [-0.2, 0) is 9.59 Å². The van der Waals surface area contributed by atoms with Crippen molar-refractivity contribution in [3.05, 3.63) is 64.1 Å². The Bertz CT molecular complexity index is 964. The van der Waals surface area contributed by atoms with Gasteiger partial charge in [0, 0.05) is 13.0 Å². The molecule has 0 aliphatic carbocycles. The summed E-state index contributed by atoms with van der Waals surface area (Å²) in [6.07, 6.45) is 1.65. The Morgan fingerprint density at radius 2 is 1.82 bits per heavy atom. The highest BCUT2D eigenvalue weighted by molar-refractivity contribution is 8.18. The molecule has 144 valence electrons. The third-order valence-electron chi connectivity index (χ3n) is 4.16. The number of imide groups is 1. The molecule has 2 aromatic rings. The highest BCUT2D eigenvalue weighted by Gasteiger charge is 2.35. The highest BCUT2D eigenvalue weighted by Crippen LogP contribution is 2.32. The van der Waals surface area contributed by atoms with Crippen molar-refractivity contribution in [3.63, 3.8) is 0 Å². The van der Waals surface area contributed by atoms with E-state index >= 15 is 0 Å². The average molecular weight is 396 g/mol. The SMILES string of the molecule is Cc1cc(C)cc(/C=C2\SC(=O)N(CCC(=O)Nc3ccccc3O)C2=O)c1. The second-order valence-corrected chi connectivity index (χ2v) is 7.56. The molecule has 7 heteroatoms. The van der Waals surface area contributed by atoms with Crippen molar-refractivity contribution in [2.75, 3.05) is 11.9 Å². The Labute approximate surface area is 167 Å². The van der Waals surface area contributed by atoms with Crippen molar-refractivity contribution in [2.45, 2.75) is 20.3 Å². The molecule has 1 saturated heterocycles. The van der Waals surface area contributed by atoms with Gasteiger partial charge in [-0.2, -0.15) is 0 Å². The molecule has 0 aromatic heterocycles. The number of para-hydroxylation sites is 2. The molecule has 0 spiro atoms. The minimum atomic E-state index is -0.399. The number of anilines is 1. The van der Waals surface area contributed by atoms with Gasteiger partial charge < -0.3 is 10.4 Å². The molecule has 0 atom stereocenters. The number of aromatic hydroxyl groups is 1. The number of benzene rings is 2. The number of hydrogen-bond acceptors (Lipinski definition) is 5. The van der Waals surface area contributed by atoms with Crippen LogP contribution in [0.1, 0.15) is 23.1 Å². The van der Waals surface area contributed by atoms with Crippen LogP contribution in [0.3, 0.4) is 0 Å². The van der Waals surface area contributed by atoms with E-state index in [1.807, 2.05) is 32.0 Å². The van der Waals surface area contributed by atoms with Gasteiger partial charge in [0.25, 0.3) is 11.1 Å². The third-order valence-corrected chi connectivity index (χ3v) is 5.06. The summed E-state index contributed by atoms with van der Waals surface area (Å²) in [5.74, 6) is -0.832. The molecular formula is C21H20N2O4S. The molecule has 2 aromatic carbocycles.